The summed E-state index contributed by atoms with van der Waals surface area (Å²) in [7, 11) is 0. The average Bonchev–Trinajstić information content (AvgIpc) is 1.77. The third-order valence-corrected chi connectivity index (χ3v) is 2.22. The Hall–Kier alpha value is -0.0800. The first kappa shape index (κ1) is 8.02. The maximum Gasteiger partial charge on any atom is 0.0578 e. The fourth-order valence-corrected chi connectivity index (χ4v) is 1.11. The van der Waals surface area contributed by atoms with Gasteiger partial charge in [-0.3, -0.25) is 0 Å². The van der Waals surface area contributed by atoms with Gasteiger partial charge in [-0.2, -0.15) is 0 Å². The Morgan fingerprint density at radius 2 is 2.20 bits per heavy atom. The van der Waals surface area contributed by atoms with Crippen molar-refractivity contribution in [2.75, 3.05) is 6.54 Å². The van der Waals surface area contributed by atoms with Crippen molar-refractivity contribution < 1.29 is 5.11 Å². The largest absolute Gasteiger partial charge is 0.393 e. The first-order valence-corrected chi connectivity index (χ1v) is 4.11. The summed E-state index contributed by atoms with van der Waals surface area (Å²) in [6.45, 7) is 5.25. The minimum absolute atomic E-state index is 0.113. The number of rotatable bonds is 3. The standard InChI is InChI=1S/C8H17NO/c1-6(2)8(10)5-7-3-4-9-7/h6-10H,3-5H2,1-2H3. The van der Waals surface area contributed by atoms with E-state index in [1.807, 2.05) is 0 Å². The third-order valence-electron chi connectivity index (χ3n) is 2.22. The highest BCUT2D eigenvalue weighted by Crippen LogP contribution is 2.14. The lowest BCUT2D eigenvalue weighted by Gasteiger charge is -2.30. The maximum absolute atomic E-state index is 9.42. The Morgan fingerprint density at radius 3 is 2.50 bits per heavy atom. The second kappa shape index (κ2) is 3.35. The molecule has 0 radical (unpaired) electrons. The van der Waals surface area contributed by atoms with Crippen LogP contribution in [0, 0.1) is 5.92 Å². The molecule has 1 fully saturated rings. The summed E-state index contributed by atoms with van der Waals surface area (Å²) in [4.78, 5) is 0. The van der Waals surface area contributed by atoms with E-state index in [0.29, 0.717) is 12.0 Å². The Morgan fingerprint density at radius 1 is 1.60 bits per heavy atom. The second-order valence-corrected chi connectivity index (χ2v) is 3.49. The van der Waals surface area contributed by atoms with Gasteiger partial charge in [0, 0.05) is 6.04 Å². The van der Waals surface area contributed by atoms with Crippen molar-refractivity contribution in [3.05, 3.63) is 0 Å². The van der Waals surface area contributed by atoms with Crippen LogP contribution in [-0.4, -0.2) is 23.8 Å². The van der Waals surface area contributed by atoms with Crippen molar-refractivity contribution in [3.63, 3.8) is 0 Å². The molecule has 0 aromatic carbocycles. The Labute approximate surface area is 62.6 Å². The number of nitrogens with one attached hydrogen (secondary N) is 1. The van der Waals surface area contributed by atoms with Crippen LogP contribution < -0.4 is 5.32 Å². The summed E-state index contributed by atoms with van der Waals surface area (Å²) in [5, 5.41) is 12.7. The molecular weight excluding hydrogens is 126 g/mol. The molecule has 1 aliphatic rings. The molecular formula is C8H17NO. The second-order valence-electron chi connectivity index (χ2n) is 3.49. The molecule has 1 aliphatic heterocycles. The van der Waals surface area contributed by atoms with Gasteiger partial charge in [-0.25, -0.2) is 0 Å². The van der Waals surface area contributed by atoms with E-state index in [4.69, 9.17) is 0 Å². The van der Waals surface area contributed by atoms with E-state index in [1.54, 1.807) is 0 Å². The van der Waals surface area contributed by atoms with Crippen molar-refractivity contribution in [1.29, 1.82) is 0 Å². The Bertz CT molecular complexity index is 99.4. The molecule has 60 valence electrons. The van der Waals surface area contributed by atoms with Crippen LogP contribution in [0.3, 0.4) is 0 Å². The zero-order valence-electron chi connectivity index (χ0n) is 6.80. The SMILES string of the molecule is CC(C)C(O)CC1CCN1. The quantitative estimate of drug-likeness (QED) is 0.611. The van der Waals surface area contributed by atoms with Gasteiger partial charge in [0.15, 0.2) is 0 Å². The molecule has 0 aromatic heterocycles. The lowest BCUT2D eigenvalue weighted by atomic mass is 9.94. The lowest BCUT2D eigenvalue weighted by molar-refractivity contribution is 0.0929. The molecule has 2 atom stereocenters. The van der Waals surface area contributed by atoms with Gasteiger partial charge >= 0.3 is 0 Å². The molecule has 0 aromatic rings. The van der Waals surface area contributed by atoms with E-state index in [0.717, 1.165) is 13.0 Å². The molecule has 0 spiro atoms. The molecule has 10 heavy (non-hydrogen) atoms. The Kier molecular flexibility index (Phi) is 2.69. The molecule has 2 heteroatoms. The van der Waals surface area contributed by atoms with Gasteiger partial charge in [0.05, 0.1) is 6.10 Å². The predicted octanol–water partition coefficient (Wildman–Crippen LogP) is 0.755. The van der Waals surface area contributed by atoms with Crippen LogP contribution in [0.25, 0.3) is 0 Å². The molecule has 1 heterocycles. The summed E-state index contributed by atoms with van der Waals surface area (Å²) in [6, 6.07) is 0.595. The van der Waals surface area contributed by atoms with Gasteiger partial charge in [-0.15, -0.1) is 0 Å². The van der Waals surface area contributed by atoms with Crippen LogP contribution in [0.15, 0.2) is 0 Å². The van der Waals surface area contributed by atoms with Crippen molar-refractivity contribution in [3.8, 4) is 0 Å². The number of hydrogen-bond acceptors (Lipinski definition) is 2. The molecule has 0 saturated carbocycles. The molecule has 2 N–H and O–H groups in total. The molecule has 1 rings (SSSR count). The van der Waals surface area contributed by atoms with E-state index in [2.05, 4.69) is 19.2 Å². The average molecular weight is 143 g/mol. The highest BCUT2D eigenvalue weighted by Gasteiger charge is 2.21. The summed E-state index contributed by atoms with van der Waals surface area (Å²) < 4.78 is 0. The highest BCUT2D eigenvalue weighted by molar-refractivity contribution is 4.80. The molecule has 2 unspecified atom stereocenters. The number of hydrogen-bond donors (Lipinski definition) is 2. The van der Waals surface area contributed by atoms with Gasteiger partial charge in [0.25, 0.3) is 0 Å². The van der Waals surface area contributed by atoms with Gasteiger partial charge in [-0.05, 0) is 25.3 Å². The van der Waals surface area contributed by atoms with E-state index < -0.39 is 0 Å². The van der Waals surface area contributed by atoms with Crippen molar-refractivity contribution in [2.45, 2.75) is 38.8 Å². The lowest BCUT2D eigenvalue weighted by Crippen LogP contribution is -2.45. The van der Waals surface area contributed by atoms with E-state index >= 15 is 0 Å². The smallest absolute Gasteiger partial charge is 0.0578 e. The van der Waals surface area contributed by atoms with Gasteiger partial charge in [0.1, 0.15) is 0 Å². The van der Waals surface area contributed by atoms with Crippen molar-refractivity contribution in [1.82, 2.24) is 5.32 Å². The van der Waals surface area contributed by atoms with Crippen molar-refractivity contribution >= 4 is 0 Å². The normalized spacial score (nSPS) is 28.2. The third kappa shape index (κ3) is 1.96. The van der Waals surface area contributed by atoms with Gasteiger partial charge in [-0.1, -0.05) is 13.8 Å². The molecule has 2 nitrogen and oxygen atoms in total. The highest BCUT2D eigenvalue weighted by atomic mass is 16.3. The number of aliphatic hydroxyl groups is 1. The van der Waals surface area contributed by atoms with Crippen LogP contribution in [-0.2, 0) is 0 Å². The maximum atomic E-state index is 9.42. The zero-order valence-corrected chi connectivity index (χ0v) is 6.80. The van der Waals surface area contributed by atoms with Crippen LogP contribution in [0.1, 0.15) is 26.7 Å². The summed E-state index contributed by atoms with van der Waals surface area (Å²) in [5.74, 6) is 0.405. The zero-order chi connectivity index (χ0) is 7.56. The van der Waals surface area contributed by atoms with E-state index in [9.17, 15) is 5.11 Å². The first-order chi connectivity index (χ1) is 4.70. The topological polar surface area (TPSA) is 32.3 Å². The summed E-state index contributed by atoms with van der Waals surface area (Å²) >= 11 is 0. The molecule has 0 aliphatic carbocycles. The predicted molar refractivity (Wildman–Crippen MR) is 41.9 cm³/mol. The van der Waals surface area contributed by atoms with Crippen LogP contribution in [0.4, 0.5) is 0 Å². The fraction of sp³-hybridized carbons (Fsp3) is 1.00. The summed E-state index contributed by atoms with van der Waals surface area (Å²) in [5.41, 5.74) is 0. The monoisotopic (exact) mass is 143 g/mol. The van der Waals surface area contributed by atoms with E-state index in [-0.39, 0.29) is 6.10 Å². The Balaban J connectivity index is 2.10. The van der Waals surface area contributed by atoms with Gasteiger partial charge in [0.2, 0.25) is 0 Å². The number of aliphatic hydroxyl groups excluding tert-OH is 1. The first-order valence-electron chi connectivity index (χ1n) is 4.11. The fourth-order valence-electron chi connectivity index (χ4n) is 1.11. The molecule has 0 bridgehead atoms. The van der Waals surface area contributed by atoms with Crippen molar-refractivity contribution in [2.24, 2.45) is 5.92 Å². The van der Waals surface area contributed by atoms with Gasteiger partial charge < -0.3 is 10.4 Å². The molecule has 0 amide bonds. The van der Waals surface area contributed by atoms with Crippen LogP contribution in [0.2, 0.25) is 0 Å². The summed E-state index contributed by atoms with van der Waals surface area (Å²) in [6.07, 6.45) is 2.05. The van der Waals surface area contributed by atoms with Crippen LogP contribution in [0.5, 0.6) is 0 Å². The minimum atomic E-state index is -0.113. The van der Waals surface area contributed by atoms with E-state index in [1.165, 1.54) is 6.42 Å². The van der Waals surface area contributed by atoms with Crippen LogP contribution >= 0.6 is 0 Å². The molecule has 1 saturated heterocycles. The minimum Gasteiger partial charge on any atom is -0.393 e.